The molecule has 1 unspecified atom stereocenters. The van der Waals surface area contributed by atoms with E-state index in [1.807, 2.05) is 6.92 Å². The van der Waals surface area contributed by atoms with Crippen molar-refractivity contribution < 1.29 is 19.1 Å². The van der Waals surface area contributed by atoms with Crippen LogP contribution in [0.15, 0.2) is 37.8 Å². The molecule has 1 N–H and O–H groups in total. The molecule has 1 aromatic heterocycles. The lowest BCUT2D eigenvalue weighted by atomic mass is 9.89. The third-order valence-electron chi connectivity index (χ3n) is 4.08. The highest BCUT2D eigenvalue weighted by Crippen LogP contribution is 2.44. The highest BCUT2D eigenvalue weighted by molar-refractivity contribution is 9.13. The zero-order chi connectivity index (χ0) is 18.4. The molecular formula is C17H14Br2ClNO4. The first kappa shape index (κ1) is 18.6. The van der Waals surface area contributed by atoms with Gasteiger partial charge in [0.05, 0.1) is 16.6 Å². The number of rotatable bonds is 5. The minimum Gasteiger partial charge on any atom is -0.445 e. The second kappa shape index (κ2) is 6.87. The number of hydrogen-bond donors (Lipinski definition) is 1. The van der Waals surface area contributed by atoms with Crippen LogP contribution in [0.25, 0.3) is 0 Å². The summed E-state index contributed by atoms with van der Waals surface area (Å²) in [5.74, 6) is -0.950. The van der Waals surface area contributed by atoms with Gasteiger partial charge in [0, 0.05) is 23.2 Å². The maximum atomic E-state index is 12.9. The van der Waals surface area contributed by atoms with E-state index in [0.29, 0.717) is 32.0 Å². The summed E-state index contributed by atoms with van der Waals surface area (Å²) in [7, 11) is 0. The molecule has 1 aromatic carbocycles. The van der Waals surface area contributed by atoms with Crippen LogP contribution in [0.5, 0.6) is 0 Å². The van der Waals surface area contributed by atoms with E-state index in [0.717, 1.165) is 6.42 Å². The Hall–Kier alpha value is -1.15. The lowest BCUT2D eigenvalue weighted by Crippen LogP contribution is -2.42. The van der Waals surface area contributed by atoms with Crippen molar-refractivity contribution >= 4 is 60.8 Å². The molecule has 0 bridgehead atoms. The number of hydrogen-bond acceptors (Lipinski definition) is 4. The van der Waals surface area contributed by atoms with Gasteiger partial charge in [-0.15, -0.1) is 0 Å². The number of Topliss-reactive ketones (excluding diaryl/α,β-unsaturated/α-hetero) is 1. The summed E-state index contributed by atoms with van der Waals surface area (Å²) in [5, 5.41) is 11.5. The molecule has 2 heterocycles. The van der Waals surface area contributed by atoms with E-state index in [1.165, 1.54) is 17.0 Å². The third-order valence-corrected chi connectivity index (χ3v) is 6.02. The van der Waals surface area contributed by atoms with Crippen molar-refractivity contribution in [2.45, 2.75) is 25.4 Å². The Morgan fingerprint density at radius 2 is 2.08 bits per heavy atom. The Bertz CT molecular complexity index is 847. The van der Waals surface area contributed by atoms with Crippen LogP contribution in [0.2, 0.25) is 5.02 Å². The number of amides is 1. The molecule has 25 heavy (non-hydrogen) atoms. The van der Waals surface area contributed by atoms with Crippen molar-refractivity contribution in [2.24, 2.45) is 0 Å². The number of anilines is 1. The summed E-state index contributed by atoms with van der Waals surface area (Å²) >= 11 is 12.5. The Balaban J connectivity index is 2.00. The van der Waals surface area contributed by atoms with E-state index in [1.54, 1.807) is 12.1 Å². The quantitative estimate of drug-likeness (QED) is 0.617. The van der Waals surface area contributed by atoms with Crippen LogP contribution in [0, 0.1) is 0 Å². The second-order valence-electron chi connectivity index (χ2n) is 5.81. The number of aliphatic hydroxyl groups is 1. The molecule has 1 atom stereocenters. The molecule has 0 fully saturated rings. The SMILES string of the molecule is CCCN1C(=O)C(O)(CC(=O)c2cc(Br)c(Br)o2)c2cc(Cl)ccc21. The van der Waals surface area contributed by atoms with Gasteiger partial charge in [-0.3, -0.25) is 9.59 Å². The second-order valence-corrected chi connectivity index (χ2v) is 7.82. The van der Waals surface area contributed by atoms with Crippen molar-refractivity contribution in [2.75, 3.05) is 11.4 Å². The maximum Gasteiger partial charge on any atom is 0.264 e. The lowest BCUT2D eigenvalue weighted by molar-refractivity contribution is -0.135. The van der Waals surface area contributed by atoms with Crippen LogP contribution in [0.1, 0.15) is 35.9 Å². The summed E-state index contributed by atoms with van der Waals surface area (Å²) in [6, 6.07) is 6.38. The van der Waals surface area contributed by atoms with Crippen LogP contribution < -0.4 is 4.90 Å². The third kappa shape index (κ3) is 3.18. The van der Waals surface area contributed by atoms with E-state index in [2.05, 4.69) is 31.9 Å². The molecule has 3 rings (SSSR count). The standard InChI is InChI=1S/C17H14Br2ClNO4/c1-2-5-21-12-4-3-9(20)6-10(12)17(24,16(21)23)8-13(22)14-7-11(18)15(19)25-14/h3-4,6-7,24H,2,5,8H2,1H3. The fourth-order valence-electron chi connectivity index (χ4n) is 2.94. The molecule has 132 valence electrons. The van der Waals surface area contributed by atoms with Crippen molar-refractivity contribution in [3.63, 3.8) is 0 Å². The largest absolute Gasteiger partial charge is 0.445 e. The van der Waals surface area contributed by atoms with Crippen LogP contribution in [-0.4, -0.2) is 23.3 Å². The molecule has 1 aliphatic heterocycles. The van der Waals surface area contributed by atoms with Gasteiger partial charge in [-0.1, -0.05) is 18.5 Å². The predicted molar refractivity (Wildman–Crippen MR) is 101 cm³/mol. The van der Waals surface area contributed by atoms with Crippen LogP contribution in [-0.2, 0) is 10.4 Å². The van der Waals surface area contributed by atoms with Gasteiger partial charge in [0.1, 0.15) is 0 Å². The smallest absolute Gasteiger partial charge is 0.264 e. The van der Waals surface area contributed by atoms with Gasteiger partial charge in [-0.2, -0.15) is 0 Å². The van der Waals surface area contributed by atoms with Gasteiger partial charge < -0.3 is 14.4 Å². The van der Waals surface area contributed by atoms with E-state index in [9.17, 15) is 14.7 Å². The number of carbonyl (C=O) groups is 2. The molecule has 0 spiro atoms. The number of nitrogens with zero attached hydrogens (tertiary/aromatic N) is 1. The van der Waals surface area contributed by atoms with Crippen molar-refractivity contribution in [3.05, 3.63) is 49.8 Å². The summed E-state index contributed by atoms with van der Waals surface area (Å²) < 4.78 is 6.26. The molecule has 0 aliphatic carbocycles. The Morgan fingerprint density at radius 1 is 1.36 bits per heavy atom. The lowest BCUT2D eigenvalue weighted by Gasteiger charge is -2.22. The Kier molecular flexibility index (Phi) is 5.12. The van der Waals surface area contributed by atoms with Gasteiger partial charge in [-0.25, -0.2) is 0 Å². The molecule has 1 amide bonds. The van der Waals surface area contributed by atoms with Crippen LogP contribution in [0.3, 0.4) is 0 Å². The fraction of sp³-hybridized carbons (Fsp3) is 0.294. The monoisotopic (exact) mass is 489 g/mol. The Labute approximate surface area is 166 Å². The molecular weight excluding hydrogens is 477 g/mol. The summed E-state index contributed by atoms with van der Waals surface area (Å²) in [6.45, 7) is 2.38. The minimum atomic E-state index is -1.96. The first-order valence-electron chi connectivity index (χ1n) is 7.60. The van der Waals surface area contributed by atoms with Gasteiger partial charge in [-0.05, 0) is 56.5 Å². The van der Waals surface area contributed by atoms with Crippen LogP contribution >= 0.6 is 43.5 Å². The molecule has 0 saturated carbocycles. The number of carbonyl (C=O) groups excluding carboxylic acids is 2. The fourth-order valence-corrected chi connectivity index (χ4v) is 3.69. The van der Waals surface area contributed by atoms with Gasteiger partial charge in [0.2, 0.25) is 5.78 Å². The number of fused-ring (bicyclic) bond motifs is 1. The van der Waals surface area contributed by atoms with Gasteiger partial charge in [0.15, 0.2) is 16.0 Å². The maximum absolute atomic E-state index is 12.9. The summed E-state index contributed by atoms with van der Waals surface area (Å²) in [4.78, 5) is 26.9. The first-order chi connectivity index (χ1) is 11.8. The molecule has 2 aromatic rings. The van der Waals surface area contributed by atoms with Crippen molar-refractivity contribution in [1.82, 2.24) is 0 Å². The number of halogens is 3. The average molecular weight is 492 g/mol. The van der Waals surface area contributed by atoms with E-state index in [-0.39, 0.29) is 5.76 Å². The Morgan fingerprint density at radius 3 is 2.68 bits per heavy atom. The zero-order valence-corrected chi connectivity index (χ0v) is 17.1. The molecule has 5 nitrogen and oxygen atoms in total. The van der Waals surface area contributed by atoms with Gasteiger partial charge >= 0.3 is 0 Å². The average Bonchev–Trinajstić information content (AvgIpc) is 2.99. The van der Waals surface area contributed by atoms with Gasteiger partial charge in [0.25, 0.3) is 5.91 Å². The van der Waals surface area contributed by atoms with E-state index in [4.69, 9.17) is 16.0 Å². The molecule has 0 radical (unpaired) electrons. The zero-order valence-electron chi connectivity index (χ0n) is 13.2. The number of benzene rings is 1. The van der Waals surface area contributed by atoms with E-state index < -0.39 is 23.7 Å². The summed E-state index contributed by atoms with van der Waals surface area (Å²) in [5.41, 5.74) is -1.04. The number of ketones is 1. The van der Waals surface area contributed by atoms with Crippen molar-refractivity contribution in [3.8, 4) is 0 Å². The summed E-state index contributed by atoms with van der Waals surface area (Å²) in [6.07, 6.45) is 0.293. The van der Waals surface area contributed by atoms with Crippen molar-refractivity contribution in [1.29, 1.82) is 0 Å². The molecule has 8 heteroatoms. The van der Waals surface area contributed by atoms with E-state index >= 15 is 0 Å². The molecule has 1 aliphatic rings. The normalized spacial score (nSPS) is 19.4. The van der Waals surface area contributed by atoms with Crippen LogP contribution in [0.4, 0.5) is 5.69 Å². The number of furan rings is 1. The topological polar surface area (TPSA) is 70.8 Å². The highest BCUT2D eigenvalue weighted by atomic mass is 79.9. The first-order valence-corrected chi connectivity index (χ1v) is 9.56. The minimum absolute atomic E-state index is 0.0532. The highest BCUT2D eigenvalue weighted by Gasteiger charge is 2.51. The predicted octanol–water partition coefficient (Wildman–Crippen LogP) is 4.68. The molecule has 0 saturated heterocycles.